The Morgan fingerprint density at radius 3 is 2.52 bits per heavy atom. The molecule has 0 radical (unpaired) electrons. The summed E-state index contributed by atoms with van der Waals surface area (Å²) < 4.78 is 5.38. The Morgan fingerprint density at radius 1 is 1.04 bits per heavy atom. The fraction of sp³-hybridized carbons (Fsp3) is 0.211. The average molecular weight is 339 g/mol. The maximum atomic E-state index is 11.9. The van der Waals surface area contributed by atoms with Gasteiger partial charge >= 0.3 is 0 Å². The van der Waals surface area contributed by atoms with Gasteiger partial charge in [0.2, 0.25) is 5.91 Å². The molecule has 2 aromatic carbocycles. The molecule has 2 amide bonds. The van der Waals surface area contributed by atoms with Gasteiger partial charge in [-0.05, 0) is 43.7 Å². The number of hydrogen-bond acceptors (Lipinski definition) is 4. The molecule has 0 aliphatic rings. The van der Waals surface area contributed by atoms with Gasteiger partial charge in [0, 0.05) is 11.4 Å². The third-order valence-corrected chi connectivity index (χ3v) is 3.20. The molecule has 0 spiro atoms. The first-order valence-corrected chi connectivity index (χ1v) is 7.89. The number of nitrogens with one attached hydrogen (secondary N) is 2. The third-order valence-electron chi connectivity index (χ3n) is 3.20. The highest BCUT2D eigenvalue weighted by atomic mass is 16.5. The number of anilines is 1. The molecule has 0 bridgehead atoms. The van der Waals surface area contributed by atoms with Crippen LogP contribution in [0.2, 0.25) is 0 Å². The zero-order chi connectivity index (χ0) is 18.1. The van der Waals surface area contributed by atoms with Crippen LogP contribution in [0.1, 0.15) is 18.9 Å². The minimum absolute atomic E-state index is 0.0912. The van der Waals surface area contributed by atoms with Gasteiger partial charge in [-0.15, -0.1) is 0 Å². The summed E-state index contributed by atoms with van der Waals surface area (Å²) in [5.74, 6) is 0.0418. The first-order chi connectivity index (χ1) is 12.0. The second kappa shape index (κ2) is 9.22. The van der Waals surface area contributed by atoms with E-state index >= 15 is 0 Å². The number of para-hydroxylation sites is 1. The van der Waals surface area contributed by atoms with E-state index in [4.69, 9.17) is 4.74 Å². The van der Waals surface area contributed by atoms with E-state index in [0.717, 1.165) is 11.3 Å². The minimum Gasteiger partial charge on any atom is -0.484 e. The van der Waals surface area contributed by atoms with Crippen molar-refractivity contribution in [2.75, 3.05) is 11.9 Å². The van der Waals surface area contributed by atoms with E-state index in [-0.39, 0.29) is 24.8 Å². The number of nitrogens with zero attached hydrogens (tertiary/aromatic N) is 1. The van der Waals surface area contributed by atoms with Crippen LogP contribution < -0.4 is 15.5 Å². The normalized spacial score (nSPS) is 10.9. The molecule has 0 aromatic heterocycles. The van der Waals surface area contributed by atoms with Crippen LogP contribution in [0.25, 0.3) is 0 Å². The van der Waals surface area contributed by atoms with Gasteiger partial charge < -0.3 is 10.1 Å². The SMILES string of the molecule is C/C(CC(=O)Nc1ccccc1)=N/NC(=O)COc1cccc(C)c1. The number of amides is 2. The molecule has 0 aliphatic carbocycles. The monoisotopic (exact) mass is 339 g/mol. The Kier molecular flexibility index (Phi) is 6.71. The molecule has 0 heterocycles. The van der Waals surface area contributed by atoms with Crippen LogP contribution in [0.3, 0.4) is 0 Å². The second-order valence-corrected chi connectivity index (χ2v) is 5.58. The molecule has 0 aliphatic heterocycles. The maximum absolute atomic E-state index is 11.9. The molecule has 130 valence electrons. The summed E-state index contributed by atoms with van der Waals surface area (Å²) in [5.41, 5.74) is 4.65. The van der Waals surface area contributed by atoms with E-state index in [1.54, 1.807) is 25.1 Å². The Balaban J connectivity index is 1.74. The van der Waals surface area contributed by atoms with Gasteiger partial charge in [-0.3, -0.25) is 9.59 Å². The largest absolute Gasteiger partial charge is 0.484 e. The molecule has 2 rings (SSSR count). The predicted octanol–water partition coefficient (Wildman–Crippen LogP) is 2.89. The maximum Gasteiger partial charge on any atom is 0.277 e. The third kappa shape index (κ3) is 6.87. The van der Waals surface area contributed by atoms with Crippen molar-refractivity contribution in [3.05, 3.63) is 60.2 Å². The fourth-order valence-corrected chi connectivity index (χ4v) is 2.04. The van der Waals surface area contributed by atoms with Crippen LogP contribution in [0.15, 0.2) is 59.7 Å². The van der Waals surface area contributed by atoms with Gasteiger partial charge in [0.15, 0.2) is 6.61 Å². The number of benzene rings is 2. The molecule has 0 atom stereocenters. The van der Waals surface area contributed by atoms with Crippen LogP contribution in [0.4, 0.5) is 5.69 Å². The molecule has 25 heavy (non-hydrogen) atoms. The molecular weight excluding hydrogens is 318 g/mol. The van der Waals surface area contributed by atoms with E-state index in [1.165, 1.54) is 0 Å². The number of carbonyl (C=O) groups is 2. The van der Waals surface area contributed by atoms with Crippen molar-refractivity contribution in [3.8, 4) is 5.75 Å². The van der Waals surface area contributed by atoms with E-state index in [1.807, 2.05) is 43.3 Å². The van der Waals surface area contributed by atoms with Gasteiger partial charge in [-0.2, -0.15) is 5.10 Å². The molecule has 6 nitrogen and oxygen atoms in total. The van der Waals surface area contributed by atoms with E-state index in [0.29, 0.717) is 11.5 Å². The standard InChI is InChI=1S/C19H21N3O3/c1-14-7-6-10-17(11-14)25-13-19(24)22-21-15(2)12-18(23)20-16-8-4-3-5-9-16/h3-11H,12-13H2,1-2H3,(H,20,23)(H,22,24)/b21-15-. The summed E-state index contributed by atoms with van der Waals surface area (Å²) in [4.78, 5) is 23.6. The number of hydrazone groups is 1. The van der Waals surface area contributed by atoms with E-state index in [9.17, 15) is 9.59 Å². The molecule has 0 saturated carbocycles. The molecular formula is C19H21N3O3. The van der Waals surface area contributed by atoms with Crippen molar-refractivity contribution in [3.63, 3.8) is 0 Å². The molecule has 2 N–H and O–H groups in total. The molecule has 0 saturated heterocycles. The second-order valence-electron chi connectivity index (χ2n) is 5.58. The topological polar surface area (TPSA) is 79.8 Å². The Bertz CT molecular complexity index is 758. The zero-order valence-corrected chi connectivity index (χ0v) is 14.3. The first-order valence-electron chi connectivity index (χ1n) is 7.89. The number of hydrogen-bond donors (Lipinski definition) is 2. The molecule has 0 fully saturated rings. The van der Waals surface area contributed by atoms with Gasteiger partial charge in [0.05, 0.1) is 6.42 Å². The first kappa shape index (κ1) is 18.2. The molecule has 6 heteroatoms. The van der Waals surface area contributed by atoms with Crippen molar-refractivity contribution in [1.82, 2.24) is 5.43 Å². The van der Waals surface area contributed by atoms with Crippen molar-refractivity contribution in [2.24, 2.45) is 5.10 Å². The lowest BCUT2D eigenvalue weighted by molar-refractivity contribution is -0.123. The highest BCUT2D eigenvalue weighted by Gasteiger charge is 2.06. The van der Waals surface area contributed by atoms with Gasteiger partial charge in [0.1, 0.15) is 5.75 Å². The van der Waals surface area contributed by atoms with Crippen molar-refractivity contribution in [2.45, 2.75) is 20.3 Å². The van der Waals surface area contributed by atoms with Crippen LogP contribution in [0.5, 0.6) is 5.75 Å². The summed E-state index contributed by atoms with van der Waals surface area (Å²) in [6, 6.07) is 16.6. The number of rotatable bonds is 7. The minimum atomic E-state index is -0.385. The van der Waals surface area contributed by atoms with Crippen LogP contribution in [-0.4, -0.2) is 24.1 Å². The van der Waals surface area contributed by atoms with Crippen molar-refractivity contribution < 1.29 is 14.3 Å². The number of ether oxygens (including phenoxy) is 1. The fourth-order valence-electron chi connectivity index (χ4n) is 2.04. The predicted molar refractivity (Wildman–Crippen MR) is 97.6 cm³/mol. The van der Waals surface area contributed by atoms with Gasteiger partial charge in [0.25, 0.3) is 5.91 Å². The lowest BCUT2D eigenvalue weighted by atomic mass is 10.2. The van der Waals surface area contributed by atoms with Crippen LogP contribution >= 0.6 is 0 Å². The van der Waals surface area contributed by atoms with Crippen LogP contribution in [0, 0.1) is 6.92 Å². The summed E-state index contributed by atoms with van der Waals surface area (Å²) in [6.07, 6.45) is 0.0912. The van der Waals surface area contributed by atoms with Crippen LogP contribution in [-0.2, 0) is 9.59 Å². The highest BCUT2D eigenvalue weighted by Crippen LogP contribution is 2.11. The summed E-state index contributed by atoms with van der Waals surface area (Å²) in [6.45, 7) is 3.48. The Morgan fingerprint density at radius 2 is 1.80 bits per heavy atom. The Hall–Kier alpha value is -3.15. The zero-order valence-electron chi connectivity index (χ0n) is 14.3. The summed E-state index contributed by atoms with van der Waals surface area (Å²) in [7, 11) is 0. The summed E-state index contributed by atoms with van der Waals surface area (Å²) in [5, 5.41) is 6.67. The highest BCUT2D eigenvalue weighted by molar-refractivity contribution is 6.05. The van der Waals surface area contributed by atoms with Crippen molar-refractivity contribution in [1.29, 1.82) is 0 Å². The molecule has 2 aromatic rings. The molecule has 0 unspecified atom stereocenters. The lowest BCUT2D eigenvalue weighted by Gasteiger charge is -2.07. The van der Waals surface area contributed by atoms with E-state index < -0.39 is 0 Å². The lowest BCUT2D eigenvalue weighted by Crippen LogP contribution is -2.26. The quantitative estimate of drug-likeness (QED) is 0.601. The van der Waals surface area contributed by atoms with Crippen molar-refractivity contribution >= 4 is 23.2 Å². The van der Waals surface area contributed by atoms with Gasteiger partial charge in [-0.25, -0.2) is 5.43 Å². The van der Waals surface area contributed by atoms with E-state index in [2.05, 4.69) is 15.8 Å². The Labute approximate surface area is 146 Å². The average Bonchev–Trinajstić information content (AvgIpc) is 2.59. The smallest absolute Gasteiger partial charge is 0.277 e. The van der Waals surface area contributed by atoms with Gasteiger partial charge in [-0.1, -0.05) is 30.3 Å². The number of aryl methyl sites for hydroxylation is 1. The number of carbonyl (C=O) groups excluding carboxylic acids is 2. The summed E-state index contributed by atoms with van der Waals surface area (Å²) >= 11 is 0.